The molecule has 1 unspecified atom stereocenters. The second-order valence-corrected chi connectivity index (χ2v) is 11.4. The van der Waals surface area contributed by atoms with Crippen molar-refractivity contribution in [1.82, 2.24) is 0 Å². The molecule has 4 rings (SSSR count). The largest absolute Gasteiger partial charge is 0.461 e. The molecule has 4 fully saturated rings. The molecule has 4 aliphatic rings. The van der Waals surface area contributed by atoms with E-state index in [2.05, 4.69) is 13.8 Å². The molecule has 5 nitrogen and oxygen atoms in total. The van der Waals surface area contributed by atoms with Crippen LogP contribution in [0.15, 0.2) is 0 Å². The third kappa shape index (κ3) is 2.94. The molecule has 0 bridgehead atoms. The first-order chi connectivity index (χ1) is 14.0. The highest BCUT2D eigenvalue weighted by atomic mass is 16.5. The topological polar surface area (TPSA) is 90.6 Å². The molecule has 0 aromatic heterocycles. The fraction of sp³-hybridized carbons (Fsp3) is 0.920. The number of rotatable bonds is 4. The van der Waals surface area contributed by atoms with Crippen LogP contribution < -0.4 is 0 Å². The Bertz CT molecular complexity index is 720. The molecule has 8 atom stereocenters. The molecule has 0 saturated heterocycles. The van der Waals surface area contributed by atoms with E-state index in [4.69, 9.17) is 10.1 Å². The summed E-state index contributed by atoms with van der Waals surface area (Å²) in [6.45, 7) is 8.44. The summed E-state index contributed by atoms with van der Waals surface area (Å²) in [5, 5.41) is 30.9. The van der Waals surface area contributed by atoms with Crippen LogP contribution in [0.3, 0.4) is 0 Å². The second kappa shape index (κ2) is 7.30. The van der Waals surface area contributed by atoms with Crippen LogP contribution in [-0.2, 0) is 9.53 Å². The minimum Gasteiger partial charge on any atom is -0.461 e. The molecular formula is C25H41NO4. The molecule has 0 heterocycles. The van der Waals surface area contributed by atoms with Gasteiger partial charge in [-0.3, -0.25) is 5.41 Å². The maximum atomic E-state index is 12.4. The van der Waals surface area contributed by atoms with Gasteiger partial charge in [0.2, 0.25) is 0 Å². The van der Waals surface area contributed by atoms with Crippen LogP contribution in [0.25, 0.3) is 0 Å². The molecule has 30 heavy (non-hydrogen) atoms. The van der Waals surface area contributed by atoms with Crippen LogP contribution in [0, 0.1) is 39.9 Å². The highest BCUT2D eigenvalue weighted by Crippen LogP contribution is 2.69. The summed E-state index contributed by atoms with van der Waals surface area (Å²) in [4.78, 5) is 12.4. The molecular weight excluding hydrogens is 378 g/mol. The minimum atomic E-state index is -1.37. The van der Waals surface area contributed by atoms with Gasteiger partial charge in [-0.1, -0.05) is 13.8 Å². The van der Waals surface area contributed by atoms with E-state index in [0.717, 1.165) is 51.4 Å². The monoisotopic (exact) mass is 419 g/mol. The molecule has 3 N–H and O–H groups in total. The zero-order chi connectivity index (χ0) is 21.9. The smallest absolute Gasteiger partial charge is 0.355 e. The van der Waals surface area contributed by atoms with Crippen molar-refractivity contribution in [1.29, 1.82) is 5.41 Å². The molecule has 5 heteroatoms. The van der Waals surface area contributed by atoms with Crippen molar-refractivity contribution in [3.63, 3.8) is 0 Å². The Balaban J connectivity index is 1.62. The van der Waals surface area contributed by atoms with E-state index in [0.29, 0.717) is 35.5 Å². The number of nitrogens with one attached hydrogen (secondary N) is 1. The van der Waals surface area contributed by atoms with Crippen LogP contribution in [0.4, 0.5) is 0 Å². The number of carbonyl (C=O) groups excluding carboxylic acids is 1. The Morgan fingerprint density at radius 1 is 1.00 bits per heavy atom. The van der Waals surface area contributed by atoms with E-state index in [9.17, 15) is 15.0 Å². The molecule has 4 aliphatic carbocycles. The molecule has 0 amide bonds. The fourth-order valence-corrected chi connectivity index (χ4v) is 8.74. The van der Waals surface area contributed by atoms with E-state index < -0.39 is 22.6 Å². The molecule has 0 aromatic carbocycles. The highest BCUT2D eigenvalue weighted by molar-refractivity contribution is 6.38. The molecule has 0 radical (unpaired) electrons. The number of fused-ring (bicyclic) bond motifs is 5. The van der Waals surface area contributed by atoms with Gasteiger partial charge in [0.1, 0.15) is 11.3 Å². The Kier molecular flexibility index (Phi) is 5.42. The average Bonchev–Trinajstić information content (AvgIpc) is 2.98. The molecule has 0 aliphatic heterocycles. The number of ether oxygens (including phenoxy) is 1. The summed E-state index contributed by atoms with van der Waals surface area (Å²) in [5.74, 6) is 1.46. The highest BCUT2D eigenvalue weighted by Gasteiger charge is 2.67. The first kappa shape index (κ1) is 22.3. The number of carbonyl (C=O) groups is 1. The van der Waals surface area contributed by atoms with Crippen molar-refractivity contribution >= 4 is 11.7 Å². The van der Waals surface area contributed by atoms with Crippen molar-refractivity contribution in [2.75, 3.05) is 6.61 Å². The lowest BCUT2D eigenvalue weighted by molar-refractivity contribution is -0.166. The quantitative estimate of drug-likeness (QED) is 0.463. The second-order valence-electron chi connectivity index (χ2n) is 11.4. The van der Waals surface area contributed by atoms with Gasteiger partial charge in [0, 0.05) is 5.41 Å². The van der Waals surface area contributed by atoms with Crippen molar-refractivity contribution in [2.45, 2.75) is 103 Å². The summed E-state index contributed by atoms with van der Waals surface area (Å²) in [7, 11) is 0. The van der Waals surface area contributed by atoms with Gasteiger partial charge in [-0.05, 0) is 107 Å². The maximum Gasteiger partial charge on any atom is 0.355 e. The van der Waals surface area contributed by atoms with Crippen LogP contribution in [-0.4, -0.2) is 39.7 Å². The number of hydrogen-bond donors (Lipinski definition) is 3. The van der Waals surface area contributed by atoms with E-state index in [1.165, 1.54) is 6.42 Å². The summed E-state index contributed by atoms with van der Waals surface area (Å²) >= 11 is 0. The van der Waals surface area contributed by atoms with Gasteiger partial charge in [-0.25, -0.2) is 4.79 Å². The lowest BCUT2D eigenvalue weighted by atomic mass is 9.42. The third-order valence-electron chi connectivity index (χ3n) is 10.4. The Morgan fingerprint density at radius 3 is 2.37 bits per heavy atom. The maximum absolute atomic E-state index is 12.4. The van der Waals surface area contributed by atoms with E-state index in [1.807, 2.05) is 6.92 Å². The first-order valence-electron chi connectivity index (χ1n) is 12.3. The van der Waals surface area contributed by atoms with Crippen molar-refractivity contribution in [3.05, 3.63) is 0 Å². The van der Waals surface area contributed by atoms with Gasteiger partial charge in [0.15, 0.2) is 0 Å². The Labute approximate surface area is 181 Å². The normalized spacial score (nSPS) is 50.2. The standard InChI is InChI=1S/C25H41NO4/c1-5-24-14-13-22(3,28)15-16(24)7-8-17-18-10-12-25(29,20(26)21(27)30-6-2)23(18,4)11-9-19(17)24/h16-19,26,28-29H,5-15H2,1-4H3/t16-,17+,18+,19+,22-,23+,24+,25?/m1/s1. The van der Waals surface area contributed by atoms with Gasteiger partial charge in [-0.2, -0.15) is 0 Å². The number of esters is 1. The van der Waals surface area contributed by atoms with E-state index in [1.54, 1.807) is 6.92 Å². The number of hydrogen-bond acceptors (Lipinski definition) is 5. The summed E-state index contributed by atoms with van der Waals surface area (Å²) in [5.41, 5.74) is -2.26. The molecule has 4 saturated carbocycles. The SMILES string of the molecule is CCOC(=O)C(=N)C1(O)CC[C@H]2[C@@H]3CC[C@@H]4C[C@](C)(O)CC[C@]4(CC)[C@H]3CC[C@@]21C. The molecule has 170 valence electrons. The van der Waals surface area contributed by atoms with Crippen molar-refractivity contribution < 1.29 is 19.7 Å². The van der Waals surface area contributed by atoms with E-state index >= 15 is 0 Å². The number of aliphatic hydroxyl groups is 2. The summed E-state index contributed by atoms with van der Waals surface area (Å²) in [6, 6.07) is 0. The van der Waals surface area contributed by atoms with Gasteiger partial charge in [-0.15, -0.1) is 0 Å². The van der Waals surface area contributed by atoms with Crippen LogP contribution in [0.1, 0.15) is 91.9 Å². The van der Waals surface area contributed by atoms with Gasteiger partial charge >= 0.3 is 5.97 Å². The molecule has 0 spiro atoms. The van der Waals surface area contributed by atoms with Gasteiger partial charge in [0.25, 0.3) is 0 Å². The Morgan fingerprint density at radius 2 is 1.70 bits per heavy atom. The van der Waals surface area contributed by atoms with Crippen molar-refractivity contribution in [2.24, 2.45) is 34.5 Å². The van der Waals surface area contributed by atoms with Crippen LogP contribution >= 0.6 is 0 Å². The lowest BCUT2D eigenvalue weighted by Gasteiger charge is -2.63. The zero-order valence-corrected chi connectivity index (χ0v) is 19.3. The predicted molar refractivity (Wildman–Crippen MR) is 116 cm³/mol. The van der Waals surface area contributed by atoms with Crippen LogP contribution in [0.5, 0.6) is 0 Å². The predicted octanol–water partition coefficient (Wildman–Crippen LogP) is 4.48. The lowest BCUT2D eigenvalue weighted by Crippen LogP contribution is -2.60. The van der Waals surface area contributed by atoms with Crippen LogP contribution in [0.2, 0.25) is 0 Å². The third-order valence-corrected chi connectivity index (χ3v) is 10.4. The summed E-state index contributed by atoms with van der Waals surface area (Å²) in [6.07, 6.45) is 9.69. The van der Waals surface area contributed by atoms with E-state index in [-0.39, 0.29) is 12.3 Å². The fourth-order valence-electron chi connectivity index (χ4n) is 8.74. The van der Waals surface area contributed by atoms with Gasteiger partial charge in [0.05, 0.1) is 12.2 Å². The average molecular weight is 420 g/mol. The summed E-state index contributed by atoms with van der Waals surface area (Å²) < 4.78 is 5.09. The first-order valence-corrected chi connectivity index (χ1v) is 12.3. The van der Waals surface area contributed by atoms with Crippen molar-refractivity contribution in [3.8, 4) is 0 Å². The minimum absolute atomic E-state index is 0.228. The zero-order valence-electron chi connectivity index (χ0n) is 19.3. The van der Waals surface area contributed by atoms with Gasteiger partial charge < -0.3 is 14.9 Å². The Hall–Kier alpha value is -0.940. The molecule has 0 aromatic rings.